The molecule has 0 spiro atoms. The molecule has 1 atom stereocenters. The van der Waals surface area contributed by atoms with Gasteiger partial charge in [0.2, 0.25) is 0 Å². The highest BCUT2D eigenvalue weighted by Gasteiger charge is 2.14. The van der Waals surface area contributed by atoms with Gasteiger partial charge in [0.25, 0.3) is 5.56 Å². The van der Waals surface area contributed by atoms with Crippen LogP contribution in [0.2, 0.25) is 5.02 Å². The van der Waals surface area contributed by atoms with Crippen molar-refractivity contribution in [1.82, 2.24) is 15.0 Å². The maximum absolute atomic E-state index is 13.5. The van der Waals surface area contributed by atoms with E-state index in [1.807, 2.05) is 6.07 Å². The van der Waals surface area contributed by atoms with Gasteiger partial charge in [-0.3, -0.25) is 9.78 Å². The first kappa shape index (κ1) is 24.0. The third-order valence-electron chi connectivity index (χ3n) is 6.06. The van der Waals surface area contributed by atoms with E-state index in [1.54, 1.807) is 24.4 Å². The SMILES string of the molecule is CCC[C@H](CC)Cc1cc2nc(Cc3ccc(-c4cc(F)cc(F)c4)nc3)[nH]c(=O)c2cc1Cl. The smallest absolute Gasteiger partial charge is 0.258 e. The Morgan fingerprint density at radius 1 is 1.06 bits per heavy atom. The molecule has 4 aromatic rings. The number of aromatic amines is 1. The lowest BCUT2D eigenvalue weighted by molar-refractivity contribution is 0.462. The molecule has 1 N–H and O–H groups in total. The molecule has 176 valence electrons. The highest BCUT2D eigenvalue weighted by Crippen LogP contribution is 2.27. The summed E-state index contributed by atoms with van der Waals surface area (Å²) in [6.07, 6.45) is 6.15. The molecule has 0 aliphatic carbocycles. The van der Waals surface area contributed by atoms with E-state index in [-0.39, 0.29) is 5.56 Å². The zero-order chi connectivity index (χ0) is 24.2. The summed E-state index contributed by atoms with van der Waals surface area (Å²) in [7, 11) is 0. The van der Waals surface area contributed by atoms with Crippen molar-refractivity contribution in [3.63, 3.8) is 0 Å². The number of nitrogens with one attached hydrogen (secondary N) is 1. The lowest BCUT2D eigenvalue weighted by atomic mass is 9.92. The summed E-state index contributed by atoms with van der Waals surface area (Å²) in [4.78, 5) is 24.5. The minimum absolute atomic E-state index is 0.242. The van der Waals surface area contributed by atoms with Gasteiger partial charge < -0.3 is 4.98 Å². The Labute approximate surface area is 202 Å². The molecule has 4 nitrogen and oxygen atoms in total. The largest absolute Gasteiger partial charge is 0.310 e. The number of hydrogen-bond acceptors (Lipinski definition) is 3. The molecular formula is C27H26ClF2N3O. The lowest BCUT2D eigenvalue weighted by Crippen LogP contribution is -2.13. The van der Waals surface area contributed by atoms with E-state index < -0.39 is 11.6 Å². The predicted molar refractivity (Wildman–Crippen MR) is 132 cm³/mol. The van der Waals surface area contributed by atoms with Crippen molar-refractivity contribution in [3.8, 4) is 11.3 Å². The van der Waals surface area contributed by atoms with Crippen LogP contribution in [0.15, 0.2) is 53.5 Å². The molecule has 0 aliphatic rings. The number of benzene rings is 2. The molecule has 0 saturated heterocycles. The molecule has 2 heterocycles. The summed E-state index contributed by atoms with van der Waals surface area (Å²) in [6, 6.07) is 10.4. The quantitative estimate of drug-likeness (QED) is 0.298. The summed E-state index contributed by atoms with van der Waals surface area (Å²) in [5.74, 6) is -0.258. The van der Waals surface area contributed by atoms with Gasteiger partial charge >= 0.3 is 0 Å². The van der Waals surface area contributed by atoms with Crippen molar-refractivity contribution < 1.29 is 8.78 Å². The summed E-state index contributed by atoms with van der Waals surface area (Å²) >= 11 is 6.50. The Bertz CT molecular complexity index is 1350. The van der Waals surface area contributed by atoms with Gasteiger partial charge in [0.05, 0.1) is 16.6 Å². The average Bonchev–Trinajstić information content (AvgIpc) is 2.79. The fraction of sp³-hybridized carbons (Fsp3) is 0.296. The lowest BCUT2D eigenvalue weighted by Gasteiger charge is -2.15. The second-order valence-electron chi connectivity index (χ2n) is 8.63. The monoisotopic (exact) mass is 481 g/mol. The van der Waals surface area contributed by atoms with E-state index >= 15 is 0 Å². The highest BCUT2D eigenvalue weighted by molar-refractivity contribution is 6.32. The molecule has 2 aromatic carbocycles. The first-order chi connectivity index (χ1) is 16.4. The fourth-order valence-corrected chi connectivity index (χ4v) is 4.50. The zero-order valence-corrected chi connectivity index (χ0v) is 19.9. The molecule has 0 aliphatic heterocycles. The molecule has 0 unspecified atom stereocenters. The van der Waals surface area contributed by atoms with E-state index in [1.165, 1.54) is 12.1 Å². The van der Waals surface area contributed by atoms with Gasteiger partial charge in [-0.15, -0.1) is 0 Å². The topological polar surface area (TPSA) is 58.6 Å². The van der Waals surface area contributed by atoms with Crippen LogP contribution >= 0.6 is 11.6 Å². The molecule has 0 saturated carbocycles. The van der Waals surface area contributed by atoms with Crippen LogP contribution < -0.4 is 5.56 Å². The Hall–Kier alpha value is -3.12. The van der Waals surface area contributed by atoms with E-state index in [0.29, 0.717) is 45.3 Å². The number of nitrogens with zero attached hydrogens (tertiary/aromatic N) is 2. The van der Waals surface area contributed by atoms with Crippen LogP contribution in [0.3, 0.4) is 0 Å². The van der Waals surface area contributed by atoms with Gasteiger partial charge in [-0.1, -0.05) is 50.8 Å². The van der Waals surface area contributed by atoms with Gasteiger partial charge in [0, 0.05) is 29.3 Å². The number of H-pyrrole nitrogens is 1. The number of aromatic nitrogens is 3. The maximum Gasteiger partial charge on any atom is 0.258 e. The summed E-state index contributed by atoms with van der Waals surface area (Å²) < 4.78 is 27.0. The standard InChI is InChI=1S/C27H26ClF2N3O/c1-3-5-16(4-2)8-18-12-25-22(14-23(18)28)27(34)33-26(32-25)9-17-6-7-24(31-15-17)19-10-20(29)13-21(30)11-19/h6-7,10-16H,3-5,8-9H2,1-2H3,(H,32,33,34)/t16-/m0/s1. The molecule has 7 heteroatoms. The Kier molecular flexibility index (Phi) is 7.37. The second-order valence-corrected chi connectivity index (χ2v) is 9.03. The molecule has 34 heavy (non-hydrogen) atoms. The molecule has 4 rings (SSSR count). The van der Waals surface area contributed by atoms with E-state index in [2.05, 4.69) is 28.8 Å². The Balaban J connectivity index is 1.60. The van der Waals surface area contributed by atoms with Crippen LogP contribution in [0.4, 0.5) is 8.78 Å². The third kappa shape index (κ3) is 5.50. The number of fused-ring (bicyclic) bond motifs is 1. The van der Waals surface area contributed by atoms with Crippen LogP contribution in [0.25, 0.3) is 22.2 Å². The van der Waals surface area contributed by atoms with Gasteiger partial charge in [0.15, 0.2) is 0 Å². The minimum Gasteiger partial charge on any atom is -0.310 e. The third-order valence-corrected chi connectivity index (χ3v) is 6.41. The maximum atomic E-state index is 13.5. The molecule has 0 radical (unpaired) electrons. The molecule has 0 fully saturated rings. The van der Waals surface area contributed by atoms with Gasteiger partial charge in [0.1, 0.15) is 17.5 Å². The van der Waals surface area contributed by atoms with Crippen molar-refractivity contribution >= 4 is 22.5 Å². The molecule has 0 bridgehead atoms. The first-order valence-corrected chi connectivity index (χ1v) is 11.9. The highest BCUT2D eigenvalue weighted by atomic mass is 35.5. The molecule has 0 amide bonds. The van der Waals surface area contributed by atoms with Crippen molar-refractivity contribution in [2.75, 3.05) is 0 Å². The summed E-state index contributed by atoms with van der Waals surface area (Å²) in [5.41, 5.74) is 3.01. The van der Waals surface area contributed by atoms with Crippen molar-refractivity contribution in [2.45, 2.75) is 46.0 Å². The molecule has 2 aromatic heterocycles. The number of halogens is 3. The van der Waals surface area contributed by atoms with Gasteiger partial charge in [-0.25, -0.2) is 13.8 Å². The number of pyridine rings is 1. The van der Waals surface area contributed by atoms with Crippen LogP contribution in [-0.4, -0.2) is 15.0 Å². The zero-order valence-electron chi connectivity index (χ0n) is 19.2. The first-order valence-electron chi connectivity index (χ1n) is 11.5. The van der Waals surface area contributed by atoms with Crippen molar-refractivity contribution in [2.24, 2.45) is 5.92 Å². The van der Waals surface area contributed by atoms with Crippen LogP contribution in [0.5, 0.6) is 0 Å². The fourth-order valence-electron chi connectivity index (χ4n) is 4.26. The molecular weight excluding hydrogens is 456 g/mol. The van der Waals surface area contributed by atoms with Crippen molar-refractivity contribution in [1.29, 1.82) is 0 Å². The predicted octanol–water partition coefficient (Wildman–Crippen LogP) is 6.88. The van der Waals surface area contributed by atoms with E-state index in [9.17, 15) is 13.6 Å². The van der Waals surface area contributed by atoms with Gasteiger partial charge in [-0.05, 0) is 53.8 Å². The Morgan fingerprint density at radius 2 is 1.82 bits per heavy atom. The van der Waals surface area contributed by atoms with E-state index in [0.717, 1.165) is 42.9 Å². The van der Waals surface area contributed by atoms with Crippen LogP contribution in [0, 0.1) is 17.6 Å². The Morgan fingerprint density at radius 3 is 2.47 bits per heavy atom. The average molecular weight is 482 g/mol. The minimum atomic E-state index is -0.654. The number of hydrogen-bond donors (Lipinski definition) is 1. The van der Waals surface area contributed by atoms with Crippen molar-refractivity contribution in [3.05, 3.63) is 92.6 Å². The van der Waals surface area contributed by atoms with E-state index in [4.69, 9.17) is 11.6 Å². The summed E-state index contributed by atoms with van der Waals surface area (Å²) in [5, 5.41) is 1.05. The van der Waals surface area contributed by atoms with Gasteiger partial charge in [-0.2, -0.15) is 0 Å². The van der Waals surface area contributed by atoms with Crippen LogP contribution in [-0.2, 0) is 12.8 Å². The number of rotatable bonds is 8. The van der Waals surface area contributed by atoms with Crippen LogP contribution in [0.1, 0.15) is 50.1 Å². The normalized spacial score (nSPS) is 12.3. The summed E-state index contributed by atoms with van der Waals surface area (Å²) in [6.45, 7) is 4.36. The second kappa shape index (κ2) is 10.4.